The second-order valence-corrected chi connectivity index (χ2v) is 7.19. The molecule has 0 saturated heterocycles. The van der Waals surface area contributed by atoms with Crippen molar-refractivity contribution in [2.75, 3.05) is 20.1 Å². The van der Waals surface area contributed by atoms with Crippen LogP contribution in [0.25, 0.3) is 0 Å². The van der Waals surface area contributed by atoms with Crippen LogP contribution in [0, 0.1) is 0 Å². The number of nitrogens with zero attached hydrogens (tertiary/aromatic N) is 1. The Kier molecular flexibility index (Phi) is 6.90. The molecule has 0 radical (unpaired) electrons. The maximum atomic E-state index is 3.56. The molecule has 0 spiro atoms. The van der Waals surface area contributed by atoms with E-state index >= 15 is 0 Å². The van der Waals surface area contributed by atoms with E-state index in [-0.39, 0.29) is 0 Å². The first-order valence-corrected chi connectivity index (χ1v) is 9.06. The molecule has 0 bridgehead atoms. The predicted molar refractivity (Wildman–Crippen MR) is 95.8 cm³/mol. The number of benzene rings is 1. The van der Waals surface area contributed by atoms with Crippen LogP contribution in [0.2, 0.25) is 0 Å². The molecule has 0 saturated carbocycles. The van der Waals surface area contributed by atoms with Gasteiger partial charge in [0.25, 0.3) is 0 Å². The highest BCUT2D eigenvalue weighted by molar-refractivity contribution is 9.10. The van der Waals surface area contributed by atoms with Gasteiger partial charge in [-0.15, -0.1) is 11.3 Å². The van der Waals surface area contributed by atoms with Gasteiger partial charge in [0.1, 0.15) is 0 Å². The zero-order chi connectivity index (χ0) is 15.1. The molecule has 1 unspecified atom stereocenters. The first-order chi connectivity index (χ1) is 10.2. The Hall–Kier alpha value is -0.680. The lowest BCUT2D eigenvalue weighted by Gasteiger charge is -2.28. The Morgan fingerprint density at radius 1 is 1.29 bits per heavy atom. The second kappa shape index (κ2) is 8.69. The monoisotopic (exact) mass is 366 g/mol. The van der Waals surface area contributed by atoms with Gasteiger partial charge in [-0.25, -0.2) is 0 Å². The van der Waals surface area contributed by atoms with E-state index in [1.54, 1.807) is 0 Å². The molecule has 1 N–H and O–H groups in total. The summed E-state index contributed by atoms with van der Waals surface area (Å²) in [4.78, 5) is 3.82. The van der Waals surface area contributed by atoms with Crippen molar-refractivity contribution in [1.29, 1.82) is 0 Å². The fourth-order valence-electron chi connectivity index (χ4n) is 2.41. The molecule has 1 heterocycles. The van der Waals surface area contributed by atoms with E-state index in [4.69, 9.17) is 0 Å². The Bertz CT molecular complexity index is 527. The molecule has 1 aromatic heterocycles. The van der Waals surface area contributed by atoms with Gasteiger partial charge in [0.15, 0.2) is 0 Å². The SMILES string of the molecule is CCCNCC(c1ccccc1)N(C)Cc1cc(Br)cs1. The molecule has 4 heteroatoms. The molecule has 0 fully saturated rings. The Morgan fingerprint density at radius 3 is 2.67 bits per heavy atom. The van der Waals surface area contributed by atoms with Crippen molar-refractivity contribution in [2.45, 2.75) is 25.9 Å². The summed E-state index contributed by atoms with van der Waals surface area (Å²) in [6, 6.07) is 13.4. The van der Waals surface area contributed by atoms with Crippen molar-refractivity contribution in [3.63, 3.8) is 0 Å². The van der Waals surface area contributed by atoms with Crippen molar-refractivity contribution in [2.24, 2.45) is 0 Å². The maximum absolute atomic E-state index is 3.56. The highest BCUT2D eigenvalue weighted by Gasteiger charge is 2.17. The molecule has 2 rings (SSSR count). The lowest BCUT2D eigenvalue weighted by molar-refractivity contribution is 0.232. The fraction of sp³-hybridized carbons (Fsp3) is 0.412. The van der Waals surface area contributed by atoms with Gasteiger partial charge >= 0.3 is 0 Å². The molecule has 0 aliphatic rings. The average Bonchev–Trinajstić information content (AvgIpc) is 2.89. The van der Waals surface area contributed by atoms with Crippen molar-refractivity contribution in [3.8, 4) is 0 Å². The van der Waals surface area contributed by atoms with Crippen molar-refractivity contribution in [3.05, 3.63) is 56.7 Å². The number of nitrogens with one attached hydrogen (secondary N) is 1. The third kappa shape index (κ3) is 5.22. The van der Waals surface area contributed by atoms with E-state index in [1.165, 1.54) is 21.3 Å². The summed E-state index contributed by atoms with van der Waals surface area (Å²) in [6.07, 6.45) is 1.17. The minimum atomic E-state index is 0.402. The van der Waals surface area contributed by atoms with E-state index in [9.17, 15) is 0 Å². The Morgan fingerprint density at radius 2 is 2.05 bits per heavy atom. The van der Waals surface area contributed by atoms with Crippen LogP contribution in [-0.4, -0.2) is 25.0 Å². The summed E-state index contributed by atoms with van der Waals surface area (Å²) in [5, 5.41) is 5.71. The van der Waals surface area contributed by atoms with Gasteiger partial charge in [0.05, 0.1) is 0 Å². The van der Waals surface area contributed by atoms with Crippen LogP contribution in [0.4, 0.5) is 0 Å². The number of hydrogen-bond donors (Lipinski definition) is 1. The highest BCUT2D eigenvalue weighted by atomic mass is 79.9. The van der Waals surface area contributed by atoms with Gasteiger partial charge in [-0.1, -0.05) is 37.3 Å². The van der Waals surface area contributed by atoms with Gasteiger partial charge in [-0.2, -0.15) is 0 Å². The number of likely N-dealkylation sites (N-methyl/N-ethyl adjacent to an activating group) is 1. The zero-order valence-electron chi connectivity index (χ0n) is 12.7. The van der Waals surface area contributed by atoms with Gasteiger partial charge < -0.3 is 5.32 Å². The normalized spacial score (nSPS) is 12.8. The van der Waals surface area contributed by atoms with E-state index in [1.807, 2.05) is 11.3 Å². The zero-order valence-corrected chi connectivity index (χ0v) is 15.1. The molecule has 1 atom stereocenters. The Labute approximate surface area is 140 Å². The number of thiophene rings is 1. The molecule has 0 amide bonds. The smallest absolute Gasteiger partial charge is 0.0473 e. The quantitative estimate of drug-likeness (QED) is 0.682. The van der Waals surface area contributed by atoms with Crippen LogP contribution in [0.5, 0.6) is 0 Å². The van der Waals surface area contributed by atoms with Gasteiger partial charge in [0, 0.05) is 33.9 Å². The first kappa shape index (κ1) is 16.7. The summed E-state index contributed by atoms with van der Waals surface area (Å²) in [5.41, 5.74) is 1.37. The minimum absolute atomic E-state index is 0.402. The lowest BCUT2D eigenvalue weighted by atomic mass is 10.1. The third-order valence-electron chi connectivity index (χ3n) is 3.51. The third-order valence-corrected chi connectivity index (χ3v) is 5.19. The highest BCUT2D eigenvalue weighted by Crippen LogP contribution is 2.25. The van der Waals surface area contributed by atoms with E-state index in [2.05, 4.69) is 81.9 Å². The maximum Gasteiger partial charge on any atom is 0.0473 e. The predicted octanol–water partition coefficient (Wildman–Crippen LogP) is 4.68. The summed E-state index contributed by atoms with van der Waals surface area (Å²) in [5.74, 6) is 0. The van der Waals surface area contributed by atoms with Crippen LogP contribution in [0.1, 0.15) is 29.8 Å². The van der Waals surface area contributed by atoms with E-state index in [0.29, 0.717) is 6.04 Å². The summed E-state index contributed by atoms with van der Waals surface area (Å²) >= 11 is 5.34. The van der Waals surface area contributed by atoms with Crippen LogP contribution in [-0.2, 0) is 6.54 Å². The van der Waals surface area contributed by atoms with Crippen LogP contribution in [0.3, 0.4) is 0 Å². The largest absolute Gasteiger partial charge is 0.315 e. The molecule has 21 heavy (non-hydrogen) atoms. The molecule has 114 valence electrons. The Balaban J connectivity index is 2.06. The van der Waals surface area contributed by atoms with Crippen LogP contribution >= 0.6 is 27.3 Å². The first-order valence-electron chi connectivity index (χ1n) is 7.39. The van der Waals surface area contributed by atoms with Gasteiger partial charge in [-0.3, -0.25) is 4.90 Å². The lowest BCUT2D eigenvalue weighted by Crippen LogP contribution is -2.33. The van der Waals surface area contributed by atoms with Crippen molar-refractivity contribution in [1.82, 2.24) is 10.2 Å². The average molecular weight is 367 g/mol. The standard InChI is InChI=1S/C17H23BrN2S/c1-3-9-19-11-17(14-7-5-4-6-8-14)20(2)12-16-10-15(18)13-21-16/h4-8,10,13,17,19H,3,9,11-12H2,1-2H3. The second-order valence-electron chi connectivity index (χ2n) is 5.28. The molecule has 0 aliphatic carbocycles. The molecule has 2 nitrogen and oxygen atoms in total. The molecular weight excluding hydrogens is 344 g/mol. The molecule has 0 aliphatic heterocycles. The topological polar surface area (TPSA) is 15.3 Å². The summed E-state index contributed by atoms with van der Waals surface area (Å²) in [7, 11) is 2.21. The van der Waals surface area contributed by atoms with Gasteiger partial charge in [-0.05, 0) is 47.6 Å². The fourth-order valence-corrected chi connectivity index (χ4v) is 3.93. The van der Waals surface area contributed by atoms with Crippen molar-refractivity contribution >= 4 is 27.3 Å². The minimum Gasteiger partial charge on any atom is -0.315 e. The van der Waals surface area contributed by atoms with E-state index in [0.717, 1.165) is 19.6 Å². The number of rotatable bonds is 8. The summed E-state index contributed by atoms with van der Waals surface area (Å²) < 4.78 is 1.18. The number of halogens is 1. The van der Waals surface area contributed by atoms with Gasteiger partial charge in [0.2, 0.25) is 0 Å². The van der Waals surface area contributed by atoms with Crippen LogP contribution in [0.15, 0.2) is 46.3 Å². The summed E-state index contributed by atoms with van der Waals surface area (Å²) in [6.45, 7) is 5.24. The van der Waals surface area contributed by atoms with Crippen molar-refractivity contribution < 1.29 is 0 Å². The number of hydrogen-bond acceptors (Lipinski definition) is 3. The van der Waals surface area contributed by atoms with E-state index < -0.39 is 0 Å². The molecule has 2 aromatic rings. The molecular formula is C17H23BrN2S. The molecule has 1 aromatic carbocycles. The van der Waals surface area contributed by atoms with Crippen LogP contribution < -0.4 is 5.32 Å².